The molecule has 1 N–H and O–H groups in total. The number of aromatic nitrogens is 4. The van der Waals surface area contributed by atoms with Crippen molar-refractivity contribution in [3.63, 3.8) is 0 Å². The van der Waals surface area contributed by atoms with Gasteiger partial charge in [-0.25, -0.2) is 9.67 Å². The number of halogens is 3. The first kappa shape index (κ1) is 18.0. The smallest absolute Gasteiger partial charge is 0.406 e. The van der Waals surface area contributed by atoms with Gasteiger partial charge in [0, 0.05) is 0 Å². The van der Waals surface area contributed by atoms with Gasteiger partial charge in [0.15, 0.2) is 5.65 Å². The van der Waals surface area contributed by atoms with E-state index >= 15 is 0 Å². The summed E-state index contributed by atoms with van der Waals surface area (Å²) >= 11 is 0. The number of hydrogen-bond acceptors (Lipinski definition) is 4. The quantitative estimate of drug-likeness (QED) is 0.767. The topological polar surface area (TPSA) is 72.8 Å². The van der Waals surface area contributed by atoms with Crippen LogP contribution in [-0.2, 0) is 6.42 Å². The highest BCUT2D eigenvalue weighted by atomic mass is 19.4. The molecule has 0 saturated heterocycles. The molecule has 9 heteroatoms. The Balaban J connectivity index is 2.02. The summed E-state index contributed by atoms with van der Waals surface area (Å²) in [7, 11) is 0. The summed E-state index contributed by atoms with van der Waals surface area (Å²) < 4.78 is 42.3. The largest absolute Gasteiger partial charge is 0.573 e. The lowest BCUT2D eigenvalue weighted by atomic mass is 10.1. The Hall–Kier alpha value is -2.84. The maximum absolute atomic E-state index is 12.3. The van der Waals surface area contributed by atoms with Gasteiger partial charge in [0.05, 0.1) is 11.7 Å². The molecule has 138 valence electrons. The van der Waals surface area contributed by atoms with Gasteiger partial charge in [-0.15, -0.1) is 13.2 Å². The van der Waals surface area contributed by atoms with Gasteiger partial charge in [-0.3, -0.25) is 4.79 Å². The fraction of sp³-hybridized carbons (Fsp3) is 0.353. The van der Waals surface area contributed by atoms with Crippen molar-refractivity contribution in [3.05, 3.63) is 51.7 Å². The van der Waals surface area contributed by atoms with E-state index < -0.39 is 6.36 Å². The molecule has 0 spiro atoms. The van der Waals surface area contributed by atoms with Crippen LogP contribution < -0.4 is 10.3 Å². The first-order chi connectivity index (χ1) is 12.2. The van der Waals surface area contributed by atoms with Gasteiger partial charge in [-0.2, -0.15) is 5.10 Å². The van der Waals surface area contributed by atoms with Crippen LogP contribution in [0, 0.1) is 6.92 Å². The SMILES string of the molecule is CCc1nn(C(C)c2ccc(OC(F)(F)F)cc2)c2nc(C)[nH]c(=O)c12. The second-order valence-corrected chi connectivity index (χ2v) is 5.89. The van der Waals surface area contributed by atoms with Crippen LogP contribution in [0.2, 0.25) is 0 Å². The summed E-state index contributed by atoms with van der Waals surface area (Å²) in [6, 6.07) is 5.23. The first-order valence-electron chi connectivity index (χ1n) is 8.03. The van der Waals surface area contributed by atoms with Crippen LogP contribution in [0.15, 0.2) is 29.1 Å². The third kappa shape index (κ3) is 3.42. The van der Waals surface area contributed by atoms with Crippen molar-refractivity contribution in [3.8, 4) is 5.75 Å². The van der Waals surface area contributed by atoms with E-state index in [1.807, 2.05) is 13.8 Å². The number of benzene rings is 1. The molecule has 2 heterocycles. The predicted octanol–water partition coefficient (Wildman–Crippen LogP) is 3.50. The van der Waals surface area contributed by atoms with E-state index in [1.54, 1.807) is 11.6 Å². The Labute approximate surface area is 146 Å². The summed E-state index contributed by atoms with van der Waals surface area (Å²) in [6.07, 6.45) is -4.17. The molecule has 0 amide bonds. The minimum absolute atomic E-state index is 0.253. The second-order valence-electron chi connectivity index (χ2n) is 5.89. The summed E-state index contributed by atoms with van der Waals surface area (Å²) in [6.45, 7) is 5.40. The molecule has 0 bridgehead atoms. The fourth-order valence-corrected chi connectivity index (χ4v) is 2.83. The molecule has 3 aromatic rings. The maximum Gasteiger partial charge on any atom is 0.573 e. The van der Waals surface area contributed by atoms with Crippen LogP contribution in [0.25, 0.3) is 11.0 Å². The summed E-state index contributed by atoms with van der Waals surface area (Å²) in [5.41, 5.74) is 1.53. The number of alkyl halides is 3. The van der Waals surface area contributed by atoms with Crippen molar-refractivity contribution in [1.82, 2.24) is 19.7 Å². The maximum atomic E-state index is 12.3. The Morgan fingerprint density at radius 1 is 1.27 bits per heavy atom. The number of ether oxygens (including phenoxy) is 1. The van der Waals surface area contributed by atoms with E-state index in [2.05, 4.69) is 19.8 Å². The van der Waals surface area contributed by atoms with Crippen LogP contribution >= 0.6 is 0 Å². The van der Waals surface area contributed by atoms with Crippen LogP contribution in [0.5, 0.6) is 5.75 Å². The number of aromatic amines is 1. The molecule has 0 aliphatic carbocycles. The average molecular weight is 366 g/mol. The van der Waals surface area contributed by atoms with Gasteiger partial charge in [0.2, 0.25) is 0 Å². The minimum atomic E-state index is -4.73. The Morgan fingerprint density at radius 2 is 1.92 bits per heavy atom. The highest BCUT2D eigenvalue weighted by Gasteiger charge is 2.31. The van der Waals surface area contributed by atoms with Gasteiger partial charge in [-0.05, 0) is 38.0 Å². The number of nitrogens with zero attached hydrogens (tertiary/aromatic N) is 3. The highest BCUT2D eigenvalue weighted by molar-refractivity contribution is 5.77. The molecule has 0 aliphatic heterocycles. The molecule has 26 heavy (non-hydrogen) atoms. The molecule has 1 aromatic carbocycles. The zero-order chi connectivity index (χ0) is 19.1. The van der Waals surface area contributed by atoms with Crippen molar-refractivity contribution in [2.45, 2.75) is 39.6 Å². The molecular formula is C17H17F3N4O2. The average Bonchev–Trinajstić information content (AvgIpc) is 2.92. The van der Waals surface area contributed by atoms with Gasteiger partial charge in [-0.1, -0.05) is 19.1 Å². The summed E-state index contributed by atoms with van der Waals surface area (Å²) in [4.78, 5) is 19.3. The standard InChI is InChI=1S/C17H17F3N4O2/c1-4-13-14-15(21-10(3)22-16(14)25)24(23-13)9(2)11-5-7-12(8-6-11)26-17(18,19)20/h5-9H,4H2,1-3H3,(H,21,22,25). The molecule has 2 aromatic heterocycles. The van der Waals surface area contributed by atoms with E-state index in [0.29, 0.717) is 34.5 Å². The first-order valence-corrected chi connectivity index (χ1v) is 8.03. The molecule has 1 unspecified atom stereocenters. The van der Waals surface area contributed by atoms with Crippen molar-refractivity contribution >= 4 is 11.0 Å². The normalized spacial score (nSPS) is 13.2. The molecule has 3 rings (SSSR count). The van der Waals surface area contributed by atoms with Gasteiger partial charge >= 0.3 is 6.36 Å². The van der Waals surface area contributed by atoms with Gasteiger partial charge in [0.1, 0.15) is 17.0 Å². The van der Waals surface area contributed by atoms with Crippen LogP contribution in [0.4, 0.5) is 13.2 Å². The monoisotopic (exact) mass is 366 g/mol. The summed E-state index contributed by atoms with van der Waals surface area (Å²) in [5.74, 6) is 0.172. The van der Waals surface area contributed by atoms with Crippen molar-refractivity contribution in [2.75, 3.05) is 0 Å². The fourth-order valence-electron chi connectivity index (χ4n) is 2.83. The van der Waals surface area contributed by atoms with E-state index in [-0.39, 0.29) is 17.4 Å². The number of fused-ring (bicyclic) bond motifs is 1. The van der Waals surface area contributed by atoms with E-state index in [0.717, 1.165) is 0 Å². The number of rotatable bonds is 4. The molecular weight excluding hydrogens is 349 g/mol. The zero-order valence-corrected chi connectivity index (χ0v) is 14.4. The van der Waals surface area contributed by atoms with E-state index in [4.69, 9.17) is 0 Å². The highest BCUT2D eigenvalue weighted by Crippen LogP contribution is 2.27. The molecule has 0 aliphatic rings. The molecule has 1 atom stereocenters. The minimum Gasteiger partial charge on any atom is -0.406 e. The predicted molar refractivity (Wildman–Crippen MR) is 89.2 cm³/mol. The number of H-pyrrole nitrogens is 1. The van der Waals surface area contributed by atoms with Crippen molar-refractivity contribution in [2.24, 2.45) is 0 Å². The lowest BCUT2D eigenvalue weighted by Crippen LogP contribution is -2.17. The van der Waals surface area contributed by atoms with Crippen LogP contribution in [-0.4, -0.2) is 26.1 Å². The lowest BCUT2D eigenvalue weighted by Gasteiger charge is -2.15. The Bertz CT molecular complexity index is 990. The molecule has 0 radical (unpaired) electrons. The second kappa shape index (κ2) is 6.47. The van der Waals surface area contributed by atoms with E-state index in [9.17, 15) is 18.0 Å². The van der Waals surface area contributed by atoms with Crippen molar-refractivity contribution < 1.29 is 17.9 Å². The Kier molecular flexibility index (Phi) is 4.47. The number of hydrogen-bond donors (Lipinski definition) is 1. The molecule has 0 fully saturated rings. The van der Waals surface area contributed by atoms with Gasteiger partial charge in [0.25, 0.3) is 5.56 Å². The van der Waals surface area contributed by atoms with Gasteiger partial charge < -0.3 is 9.72 Å². The van der Waals surface area contributed by atoms with Crippen LogP contribution in [0.3, 0.4) is 0 Å². The molecule has 0 saturated carbocycles. The zero-order valence-electron chi connectivity index (χ0n) is 14.4. The number of aryl methyl sites for hydroxylation is 2. The lowest BCUT2D eigenvalue weighted by molar-refractivity contribution is -0.274. The third-order valence-corrected chi connectivity index (χ3v) is 4.05. The Morgan fingerprint density at radius 3 is 2.50 bits per heavy atom. The summed E-state index contributed by atoms with van der Waals surface area (Å²) in [5, 5.41) is 4.92. The van der Waals surface area contributed by atoms with E-state index in [1.165, 1.54) is 24.3 Å². The third-order valence-electron chi connectivity index (χ3n) is 4.05. The van der Waals surface area contributed by atoms with Crippen LogP contribution in [0.1, 0.15) is 37.0 Å². The number of nitrogens with one attached hydrogen (secondary N) is 1. The molecule has 6 nitrogen and oxygen atoms in total. The van der Waals surface area contributed by atoms with Crippen molar-refractivity contribution in [1.29, 1.82) is 0 Å².